The van der Waals surface area contributed by atoms with Gasteiger partial charge in [0.25, 0.3) is 0 Å². The number of nitrogens with two attached hydrogens (primary N) is 1. The van der Waals surface area contributed by atoms with Crippen molar-refractivity contribution in [1.82, 2.24) is 14.7 Å². The number of dihydropyridines is 1. The molecule has 122 valence electrons. The van der Waals surface area contributed by atoms with Gasteiger partial charge in [0.05, 0.1) is 52.2 Å². The number of aryl methyl sites for hydroxylation is 1. The standard InChI is InChI=1S/C15H14N6OS2/c1-8-12(21-2-4-24-15(21)19-8)11-9(6-16)13(18)20-14(10(11)7-17)23-5-3-22/h2,4,11,20,22H,3,5,18H2,1H3. The number of fused-ring (bicyclic) bond motifs is 1. The molecule has 1 aliphatic heterocycles. The maximum Gasteiger partial charge on any atom is 0.194 e. The second-order valence-electron chi connectivity index (χ2n) is 5.06. The van der Waals surface area contributed by atoms with Crippen molar-refractivity contribution in [3.63, 3.8) is 0 Å². The summed E-state index contributed by atoms with van der Waals surface area (Å²) in [5, 5.41) is 33.8. The van der Waals surface area contributed by atoms with Crippen LogP contribution in [0.4, 0.5) is 0 Å². The predicted octanol–water partition coefficient (Wildman–Crippen LogP) is 1.55. The molecule has 24 heavy (non-hydrogen) atoms. The number of aliphatic hydroxyl groups excluding tert-OH is 1. The molecule has 9 heteroatoms. The minimum Gasteiger partial charge on any atom is -0.396 e. The first-order valence-corrected chi connectivity index (χ1v) is 8.95. The smallest absolute Gasteiger partial charge is 0.194 e. The molecule has 3 heterocycles. The number of thioether (sulfide) groups is 1. The Hall–Kier alpha value is -2.46. The number of nitriles is 2. The van der Waals surface area contributed by atoms with Crippen LogP contribution in [0, 0.1) is 29.6 Å². The number of nitrogens with zero attached hydrogens (tertiary/aromatic N) is 4. The summed E-state index contributed by atoms with van der Waals surface area (Å²) in [7, 11) is 0. The van der Waals surface area contributed by atoms with Gasteiger partial charge in [-0.05, 0) is 6.92 Å². The molecule has 0 aliphatic carbocycles. The fourth-order valence-corrected chi connectivity index (χ4v) is 4.29. The zero-order valence-electron chi connectivity index (χ0n) is 12.8. The lowest BCUT2D eigenvalue weighted by Gasteiger charge is -2.26. The van der Waals surface area contributed by atoms with Crippen LogP contribution < -0.4 is 11.1 Å². The number of aromatic nitrogens is 2. The van der Waals surface area contributed by atoms with Gasteiger partial charge in [-0.25, -0.2) is 4.98 Å². The molecule has 0 saturated carbocycles. The second-order valence-corrected chi connectivity index (χ2v) is 7.04. The van der Waals surface area contributed by atoms with E-state index in [9.17, 15) is 10.5 Å². The third kappa shape index (κ3) is 2.53. The second kappa shape index (κ2) is 6.57. The van der Waals surface area contributed by atoms with Crippen molar-refractivity contribution in [3.05, 3.63) is 45.0 Å². The number of thiazole rings is 1. The van der Waals surface area contributed by atoms with Crippen LogP contribution in [-0.2, 0) is 0 Å². The molecule has 4 N–H and O–H groups in total. The monoisotopic (exact) mass is 358 g/mol. The average molecular weight is 358 g/mol. The van der Waals surface area contributed by atoms with Crippen LogP contribution in [0.3, 0.4) is 0 Å². The molecular weight excluding hydrogens is 344 g/mol. The van der Waals surface area contributed by atoms with Gasteiger partial charge in [-0.15, -0.1) is 23.1 Å². The molecule has 0 amide bonds. The lowest BCUT2D eigenvalue weighted by atomic mass is 9.86. The number of hydrogen-bond acceptors (Lipinski definition) is 8. The highest BCUT2D eigenvalue weighted by Crippen LogP contribution is 2.40. The van der Waals surface area contributed by atoms with Crippen molar-refractivity contribution in [2.24, 2.45) is 5.73 Å². The molecule has 0 spiro atoms. The molecule has 3 rings (SSSR count). The maximum absolute atomic E-state index is 9.72. The summed E-state index contributed by atoms with van der Waals surface area (Å²) in [4.78, 5) is 5.31. The lowest BCUT2D eigenvalue weighted by Crippen LogP contribution is -2.30. The Bertz CT molecular complexity index is 939. The Labute approximate surface area is 146 Å². The fraction of sp³-hybridized carbons (Fsp3) is 0.267. The van der Waals surface area contributed by atoms with Gasteiger partial charge in [0, 0.05) is 17.3 Å². The molecule has 1 unspecified atom stereocenters. The summed E-state index contributed by atoms with van der Waals surface area (Å²) in [5.74, 6) is 0.0767. The van der Waals surface area contributed by atoms with E-state index < -0.39 is 5.92 Å². The Morgan fingerprint density at radius 3 is 2.88 bits per heavy atom. The molecule has 0 radical (unpaired) electrons. The summed E-state index contributed by atoms with van der Waals surface area (Å²) in [5.41, 5.74) is 8.28. The van der Waals surface area contributed by atoms with Crippen LogP contribution in [0.5, 0.6) is 0 Å². The van der Waals surface area contributed by atoms with Gasteiger partial charge in [-0.1, -0.05) is 0 Å². The van der Waals surface area contributed by atoms with E-state index in [4.69, 9.17) is 10.8 Å². The normalized spacial score (nSPS) is 17.8. The average Bonchev–Trinajstić information content (AvgIpc) is 3.12. The van der Waals surface area contributed by atoms with Crippen molar-refractivity contribution < 1.29 is 5.11 Å². The summed E-state index contributed by atoms with van der Waals surface area (Å²) >= 11 is 2.79. The van der Waals surface area contributed by atoms with E-state index in [1.807, 2.05) is 22.9 Å². The van der Waals surface area contributed by atoms with Crippen LogP contribution in [0.2, 0.25) is 0 Å². The first kappa shape index (κ1) is 16.4. The van der Waals surface area contributed by atoms with E-state index in [-0.39, 0.29) is 12.4 Å². The van der Waals surface area contributed by atoms with Crippen LogP contribution in [-0.4, -0.2) is 26.9 Å². The minimum atomic E-state index is -0.577. The zero-order chi connectivity index (χ0) is 17.3. The lowest BCUT2D eigenvalue weighted by molar-refractivity contribution is 0.322. The molecule has 0 fully saturated rings. The van der Waals surface area contributed by atoms with Gasteiger partial charge in [0.15, 0.2) is 4.96 Å². The molecule has 0 bridgehead atoms. The highest BCUT2D eigenvalue weighted by atomic mass is 32.2. The van der Waals surface area contributed by atoms with E-state index in [1.165, 1.54) is 23.1 Å². The molecule has 2 aromatic rings. The molecule has 7 nitrogen and oxygen atoms in total. The number of aliphatic hydroxyl groups is 1. The van der Waals surface area contributed by atoms with Gasteiger partial charge in [-0.3, -0.25) is 4.40 Å². The van der Waals surface area contributed by atoms with Crippen molar-refractivity contribution >= 4 is 28.1 Å². The summed E-state index contributed by atoms with van der Waals surface area (Å²) in [6.07, 6.45) is 1.87. The van der Waals surface area contributed by atoms with Gasteiger partial charge in [-0.2, -0.15) is 10.5 Å². The van der Waals surface area contributed by atoms with Crippen LogP contribution >= 0.6 is 23.1 Å². The van der Waals surface area contributed by atoms with Crippen molar-refractivity contribution in [1.29, 1.82) is 10.5 Å². The number of hydrogen-bond donors (Lipinski definition) is 3. The largest absolute Gasteiger partial charge is 0.396 e. The van der Waals surface area contributed by atoms with Crippen LogP contribution in [0.1, 0.15) is 17.3 Å². The predicted molar refractivity (Wildman–Crippen MR) is 92.7 cm³/mol. The first-order chi connectivity index (χ1) is 11.6. The molecule has 0 aromatic carbocycles. The fourth-order valence-electron chi connectivity index (χ4n) is 2.72. The Morgan fingerprint density at radius 2 is 2.21 bits per heavy atom. The Kier molecular flexibility index (Phi) is 4.49. The topological polar surface area (TPSA) is 123 Å². The molecule has 2 aromatic heterocycles. The Morgan fingerprint density at radius 1 is 1.46 bits per heavy atom. The molecule has 0 saturated heterocycles. The molecule has 1 atom stereocenters. The summed E-state index contributed by atoms with van der Waals surface area (Å²) in [6.45, 7) is 1.84. The third-order valence-electron chi connectivity index (χ3n) is 3.70. The van der Waals surface area contributed by atoms with E-state index in [0.717, 1.165) is 16.3 Å². The summed E-state index contributed by atoms with van der Waals surface area (Å²) < 4.78 is 1.90. The van der Waals surface area contributed by atoms with Crippen LogP contribution in [0.15, 0.2) is 33.6 Å². The zero-order valence-corrected chi connectivity index (χ0v) is 14.4. The van der Waals surface area contributed by atoms with Crippen molar-refractivity contribution in [2.75, 3.05) is 12.4 Å². The number of rotatable bonds is 4. The third-order valence-corrected chi connectivity index (χ3v) is 5.45. The van der Waals surface area contributed by atoms with Crippen molar-refractivity contribution in [3.8, 4) is 12.1 Å². The van der Waals surface area contributed by atoms with Gasteiger partial charge >= 0.3 is 0 Å². The number of imidazole rings is 1. The van der Waals surface area contributed by atoms with Crippen molar-refractivity contribution in [2.45, 2.75) is 12.8 Å². The van der Waals surface area contributed by atoms with E-state index in [1.54, 1.807) is 0 Å². The molecular formula is C15H14N6OS2. The Balaban J connectivity index is 2.23. The van der Waals surface area contributed by atoms with E-state index in [2.05, 4.69) is 22.4 Å². The maximum atomic E-state index is 9.72. The summed E-state index contributed by atoms with van der Waals surface area (Å²) in [6, 6.07) is 4.33. The van der Waals surface area contributed by atoms with Gasteiger partial charge < -0.3 is 16.2 Å². The molecule has 1 aliphatic rings. The number of nitrogens with one attached hydrogen (secondary N) is 1. The SMILES string of the molecule is Cc1nc2sccn2c1C1C(C#N)=C(N)NC(SCCO)=C1C#N. The van der Waals surface area contributed by atoms with Gasteiger partial charge in [0.2, 0.25) is 0 Å². The number of allylic oxidation sites excluding steroid dienone is 2. The highest BCUT2D eigenvalue weighted by Gasteiger charge is 2.35. The highest BCUT2D eigenvalue weighted by molar-refractivity contribution is 8.03. The van der Waals surface area contributed by atoms with E-state index in [0.29, 0.717) is 21.9 Å². The van der Waals surface area contributed by atoms with E-state index >= 15 is 0 Å². The van der Waals surface area contributed by atoms with Crippen LogP contribution in [0.25, 0.3) is 4.96 Å². The first-order valence-electron chi connectivity index (χ1n) is 7.09. The van der Waals surface area contributed by atoms with Gasteiger partial charge in [0.1, 0.15) is 5.82 Å². The minimum absolute atomic E-state index is 0.0194. The quantitative estimate of drug-likeness (QED) is 0.757.